The summed E-state index contributed by atoms with van der Waals surface area (Å²) >= 11 is 6.31. The SMILES string of the molecule is NC(=O)c1nccc2[nH]c(C3CC(F)(F)CCC3c3[c-]cccc3Cl)cc(=O)c12.[Hf]. The van der Waals surface area contributed by atoms with Crippen LogP contribution in [0, 0.1) is 6.07 Å². The number of primary amides is 1. The van der Waals surface area contributed by atoms with Crippen LogP contribution in [0.2, 0.25) is 5.02 Å². The van der Waals surface area contributed by atoms with Crippen molar-refractivity contribution in [3.8, 4) is 0 Å². The molecule has 2 aromatic heterocycles. The van der Waals surface area contributed by atoms with Crippen LogP contribution in [0.4, 0.5) is 8.78 Å². The Labute approximate surface area is 194 Å². The van der Waals surface area contributed by atoms with Crippen LogP contribution in [0.3, 0.4) is 0 Å². The topological polar surface area (TPSA) is 88.8 Å². The van der Waals surface area contributed by atoms with Gasteiger partial charge in [-0.15, -0.1) is 5.56 Å². The molecule has 1 fully saturated rings. The summed E-state index contributed by atoms with van der Waals surface area (Å²) < 4.78 is 28.6. The second-order valence-corrected chi connectivity index (χ2v) is 7.69. The predicted octanol–water partition coefficient (Wildman–Crippen LogP) is 4.16. The van der Waals surface area contributed by atoms with Gasteiger partial charge in [0, 0.05) is 62.6 Å². The fourth-order valence-corrected chi connectivity index (χ4v) is 4.39. The van der Waals surface area contributed by atoms with Gasteiger partial charge in [0.15, 0.2) is 5.43 Å². The Morgan fingerprint density at radius 1 is 1.33 bits per heavy atom. The molecule has 0 saturated heterocycles. The number of aromatic amines is 1. The first-order chi connectivity index (χ1) is 13.8. The quantitative estimate of drug-likeness (QED) is 0.352. The van der Waals surface area contributed by atoms with Crippen molar-refractivity contribution < 1.29 is 39.4 Å². The van der Waals surface area contributed by atoms with Crippen molar-refractivity contribution in [3.05, 3.63) is 74.8 Å². The first-order valence-corrected chi connectivity index (χ1v) is 9.50. The van der Waals surface area contributed by atoms with E-state index in [4.69, 9.17) is 17.3 Å². The Morgan fingerprint density at radius 2 is 2.10 bits per heavy atom. The number of H-pyrrole nitrogens is 1. The smallest absolute Gasteiger partial charge is 0.268 e. The number of alkyl halides is 2. The minimum atomic E-state index is -2.86. The number of fused-ring (bicyclic) bond motifs is 1. The van der Waals surface area contributed by atoms with Crippen molar-refractivity contribution in [3.63, 3.8) is 0 Å². The van der Waals surface area contributed by atoms with Gasteiger partial charge in [-0.2, -0.15) is 35.9 Å². The van der Waals surface area contributed by atoms with Crippen molar-refractivity contribution in [2.24, 2.45) is 5.73 Å². The van der Waals surface area contributed by atoms with Gasteiger partial charge in [0.2, 0.25) is 5.92 Å². The predicted molar refractivity (Wildman–Crippen MR) is 105 cm³/mol. The van der Waals surface area contributed by atoms with Gasteiger partial charge in [0.05, 0.1) is 10.9 Å². The summed E-state index contributed by atoms with van der Waals surface area (Å²) in [5, 5.41) is 0.503. The average Bonchev–Trinajstić information content (AvgIpc) is 2.67. The summed E-state index contributed by atoms with van der Waals surface area (Å²) in [4.78, 5) is 31.3. The third-order valence-electron chi connectivity index (χ3n) is 5.43. The molecule has 1 saturated carbocycles. The Bertz CT molecular complexity index is 1170. The number of nitrogens with zero attached hydrogens (tertiary/aromatic N) is 1. The molecule has 0 aliphatic heterocycles. The van der Waals surface area contributed by atoms with Gasteiger partial charge in [-0.05, 0) is 18.4 Å². The molecule has 154 valence electrons. The van der Waals surface area contributed by atoms with Crippen LogP contribution in [-0.2, 0) is 25.8 Å². The largest absolute Gasteiger partial charge is 0.364 e. The van der Waals surface area contributed by atoms with E-state index < -0.39 is 29.6 Å². The van der Waals surface area contributed by atoms with Crippen LogP contribution < -0.4 is 11.2 Å². The van der Waals surface area contributed by atoms with Gasteiger partial charge in [-0.1, -0.05) is 5.02 Å². The Balaban J connectivity index is 0.00000256. The number of aromatic nitrogens is 2. The van der Waals surface area contributed by atoms with Gasteiger partial charge in [-0.25, -0.2) is 8.78 Å². The molecular formula is C21H17ClF2HfN3O2-. The molecule has 1 amide bonds. The van der Waals surface area contributed by atoms with Crippen molar-refractivity contribution >= 4 is 28.4 Å². The van der Waals surface area contributed by atoms with Crippen LogP contribution in [0.15, 0.2) is 41.3 Å². The van der Waals surface area contributed by atoms with E-state index in [0.29, 0.717) is 21.8 Å². The summed E-state index contributed by atoms with van der Waals surface area (Å²) in [6, 6.07) is 11.0. The normalized spacial score (nSPS) is 20.5. The molecule has 5 nitrogen and oxygen atoms in total. The number of hydrogen-bond donors (Lipinski definition) is 2. The fraction of sp³-hybridized carbons (Fsp3) is 0.286. The number of pyridine rings is 2. The van der Waals surface area contributed by atoms with Crippen molar-refractivity contribution in [1.29, 1.82) is 0 Å². The molecule has 30 heavy (non-hydrogen) atoms. The van der Waals surface area contributed by atoms with E-state index in [1.807, 2.05) is 0 Å². The Hall–Kier alpha value is -1.93. The summed E-state index contributed by atoms with van der Waals surface area (Å²) in [5.74, 6) is -4.68. The number of halogens is 3. The van der Waals surface area contributed by atoms with E-state index >= 15 is 0 Å². The standard InChI is InChI=1S/C21H17ClF2N3O2.Hf/c22-14-4-2-1-3-12(14)11-5-7-21(23,24)10-13(11)16-9-17(28)18-15(27-16)6-8-26-19(18)20(25)29;/h1-2,4,6,8-9,11,13H,5,7,10H2,(H2,25,29)(H,27,28);/q-1;. The van der Waals surface area contributed by atoms with Gasteiger partial charge in [0.1, 0.15) is 5.69 Å². The molecule has 0 spiro atoms. The monoisotopic (exact) mass is 596 g/mol. The molecule has 1 aliphatic carbocycles. The van der Waals surface area contributed by atoms with E-state index in [0.717, 1.165) is 0 Å². The van der Waals surface area contributed by atoms with Crippen molar-refractivity contribution in [2.45, 2.75) is 37.0 Å². The van der Waals surface area contributed by atoms with Crippen LogP contribution in [0.5, 0.6) is 0 Å². The van der Waals surface area contributed by atoms with Crippen LogP contribution >= 0.6 is 11.6 Å². The third-order valence-corrected chi connectivity index (χ3v) is 5.76. The number of carbonyl (C=O) groups excluding carboxylic acids is 1. The summed E-state index contributed by atoms with van der Waals surface area (Å²) in [6.07, 6.45) is 0.866. The minimum Gasteiger partial charge on any atom is -0.364 e. The molecule has 1 aliphatic rings. The molecule has 2 atom stereocenters. The first kappa shape index (κ1) is 22.7. The van der Waals surface area contributed by atoms with E-state index in [9.17, 15) is 18.4 Å². The van der Waals surface area contributed by atoms with Crippen LogP contribution in [0.1, 0.15) is 52.8 Å². The van der Waals surface area contributed by atoms with Crippen LogP contribution in [0.25, 0.3) is 10.9 Å². The van der Waals surface area contributed by atoms with Gasteiger partial charge < -0.3 is 10.7 Å². The maximum absolute atomic E-state index is 14.3. The van der Waals surface area contributed by atoms with E-state index in [2.05, 4.69) is 16.0 Å². The molecule has 3 N–H and O–H groups in total. The fourth-order valence-electron chi connectivity index (χ4n) is 4.13. The number of hydrogen-bond acceptors (Lipinski definition) is 3. The summed E-state index contributed by atoms with van der Waals surface area (Å²) in [7, 11) is 0. The number of benzene rings is 1. The van der Waals surface area contributed by atoms with Gasteiger partial charge >= 0.3 is 0 Å². The Kier molecular flexibility index (Phi) is 6.57. The molecule has 4 rings (SSSR count). The molecule has 3 aromatic rings. The number of nitrogens with two attached hydrogens (primary N) is 1. The number of amides is 1. The number of rotatable bonds is 3. The molecule has 1 aromatic carbocycles. The van der Waals surface area contributed by atoms with E-state index in [1.165, 1.54) is 18.3 Å². The zero-order valence-corrected chi connectivity index (χ0v) is 20.1. The van der Waals surface area contributed by atoms with Gasteiger partial charge in [-0.3, -0.25) is 14.6 Å². The average molecular weight is 595 g/mol. The molecular weight excluding hydrogens is 578 g/mol. The second-order valence-electron chi connectivity index (χ2n) is 7.28. The summed E-state index contributed by atoms with van der Waals surface area (Å²) in [5.41, 5.74) is 6.01. The van der Waals surface area contributed by atoms with E-state index in [-0.39, 0.29) is 55.7 Å². The molecule has 0 radical (unpaired) electrons. The number of nitrogens with one attached hydrogen (secondary N) is 1. The summed E-state index contributed by atoms with van der Waals surface area (Å²) in [6.45, 7) is 0. The second kappa shape index (κ2) is 8.67. The first-order valence-electron chi connectivity index (χ1n) is 9.12. The molecule has 2 unspecified atom stereocenters. The van der Waals surface area contributed by atoms with Crippen LogP contribution in [-0.4, -0.2) is 21.8 Å². The Morgan fingerprint density at radius 3 is 2.80 bits per heavy atom. The third kappa shape index (κ3) is 4.25. The van der Waals surface area contributed by atoms with Crippen molar-refractivity contribution in [1.82, 2.24) is 9.97 Å². The van der Waals surface area contributed by atoms with Crippen molar-refractivity contribution in [2.75, 3.05) is 0 Å². The van der Waals surface area contributed by atoms with Gasteiger partial charge in [0.25, 0.3) is 5.91 Å². The molecule has 0 bridgehead atoms. The maximum atomic E-state index is 14.3. The zero-order valence-electron chi connectivity index (χ0n) is 15.7. The zero-order chi connectivity index (χ0) is 20.8. The number of carbonyl (C=O) groups is 1. The minimum absolute atomic E-state index is 0. The molecule has 9 heteroatoms. The molecule has 2 heterocycles. The maximum Gasteiger partial charge on any atom is 0.268 e. The van der Waals surface area contributed by atoms with E-state index in [1.54, 1.807) is 18.2 Å².